The van der Waals surface area contributed by atoms with Crippen LogP contribution in [0.15, 0.2) is 41.6 Å². The van der Waals surface area contributed by atoms with Gasteiger partial charge in [0.05, 0.1) is 34.5 Å². The van der Waals surface area contributed by atoms with Crippen LogP contribution in [0.25, 0.3) is 10.2 Å². The molecule has 0 aliphatic heterocycles. The van der Waals surface area contributed by atoms with Gasteiger partial charge in [0, 0.05) is 23.9 Å². The largest absolute Gasteiger partial charge is 0.311 e. The fourth-order valence-corrected chi connectivity index (χ4v) is 4.62. The first-order valence-electron chi connectivity index (χ1n) is 9.55. The third-order valence-corrected chi connectivity index (χ3v) is 7.04. The lowest BCUT2D eigenvalue weighted by molar-refractivity contribution is -0.116. The molecular weight excluding hydrogens is 457 g/mol. The van der Waals surface area contributed by atoms with Crippen molar-refractivity contribution in [3.63, 3.8) is 0 Å². The van der Waals surface area contributed by atoms with E-state index in [1.807, 2.05) is 26.0 Å². The van der Waals surface area contributed by atoms with E-state index in [0.717, 1.165) is 20.8 Å². The van der Waals surface area contributed by atoms with Gasteiger partial charge in [0.1, 0.15) is 10.6 Å². The molecule has 1 amide bonds. The summed E-state index contributed by atoms with van der Waals surface area (Å²) in [5, 5.41) is 8.63. The second-order valence-electron chi connectivity index (χ2n) is 7.09. The predicted molar refractivity (Wildman–Crippen MR) is 124 cm³/mol. The summed E-state index contributed by atoms with van der Waals surface area (Å²) in [7, 11) is 0. The molecule has 0 bridgehead atoms. The fraction of sp³-hybridized carbons (Fsp3) is 0.238. The molecule has 0 radical (unpaired) electrons. The molecule has 0 unspecified atom stereocenters. The Hall–Kier alpha value is -2.68. The molecule has 4 rings (SSSR count). The number of nitrogens with one attached hydrogen (secondary N) is 1. The van der Waals surface area contributed by atoms with Gasteiger partial charge in [-0.1, -0.05) is 35.3 Å². The van der Waals surface area contributed by atoms with Crippen molar-refractivity contribution >= 4 is 56.5 Å². The standard InChI is InChI=1S/C21H19Cl2N5O2S/c1-12-13(2)31-20-18(12)21(30)27(11-24-20)9-7-17(29)26-16-6-8-25-28(16)10-14-4-3-5-15(22)19(14)23/h3-6,8,11H,7,9-10H2,1-2H3,(H,26,29). The molecular formula is C21H19Cl2N5O2S. The Balaban J connectivity index is 1.45. The third-order valence-electron chi connectivity index (χ3n) is 5.07. The number of hydrogen-bond acceptors (Lipinski definition) is 5. The summed E-state index contributed by atoms with van der Waals surface area (Å²) in [6, 6.07) is 7.08. The Morgan fingerprint density at radius 3 is 2.84 bits per heavy atom. The minimum absolute atomic E-state index is 0.123. The van der Waals surface area contributed by atoms with Crippen molar-refractivity contribution in [2.75, 3.05) is 5.32 Å². The van der Waals surface area contributed by atoms with Gasteiger partial charge in [0.15, 0.2) is 0 Å². The van der Waals surface area contributed by atoms with Crippen molar-refractivity contribution in [3.8, 4) is 0 Å². The molecule has 1 aromatic carbocycles. The van der Waals surface area contributed by atoms with Crippen LogP contribution in [0.2, 0.25) is 10.0 Å². The van der Waals surface area contributed by atoms with Gasteiger partial charge in [-0.2, -0.15) is 5.10 Å². The van der Waals surface area contributed by atoms with Crippen molar-refractivity contribution < 1.29 is 4.79 Å². The zero-order valence-corrected chi connectivity index (χ0v) is 19.2. The van der Waals surface area contributed by atoms with Crippen LogP contribution < -0.4 is 10.9 Å². The molecule has 0 fully saturated rings. The van der Waals surface area contributed by atoms with Gasteiger partial charge >= 0.3 is 0 Å². The van der Waals surface area contributed by atoms with Crippen LogP contribution in [-0.4, -0.2) is 25.2 Å². The highest BCUT2D eigenvalue weighted by Gasteiger charge is 2.14. The molecule has 31 heavy (non-hydrogen) atoms. The van der Waals surface area contributed by atoms with Gasteiger partial charge in [0.25, 0.3) is 5.56 Å². The summed E-state index contributed by atoms with van der Waals surface area (Å²) in [5.74, 6) is 0.301. The molecule has 10 heteroatoms. The summed E-state index contributed by atoms with van der Waals surface area (Å²) in [6.45, 7) is 4.48. The summed E-state index contributed by atoms with van der Waals surface area (Å²) in [5.41, 5.74) is 1.61. The van der Waals surface area contributed by atoms with Gasteiger partial charge in [-0.05, 0) is 31.0 Å². The zero-order chi connectivity index (χ0) is 22.1. The number of nitrogens with zero attached hydrogens (tertiary/aromatic N) is 4. The number of halogens is 2. The van der Waals surface area contributed by atoms with E-state index in [0.29, 0.717) is 27.8 Å². The lowest BCUT2D eigenvalue weighted by Crippen LogP contribution is -2.24. The van der Waals surface area contributed by atoms with Crippen molar-refractivity contribution in [2.24, 2.45) is 0 Å². The van der Waals surface area contributed by atoms with Crippen LogP contribution in [0.4, 0.5) is 5.82 Å². The maximum absolute atomic E-state index is 12.8. The second kappa shape index (κ2) is 8.82. The molecule has 3 aromatic heterocycles. The smallest absolute Gasteiger partial charge is 0.262 e. The quantitative estimate of drug-likeness (QED) is 0.439. The van der Waals surface area contributed by atoms with Crippen LogP contribution in [0.1, 0.15) is 22.4 Å². The van der Waals surface area contributed by atoms with Crippen molar-refractivity contribution in [1.82, 2.24) is 19.3 Å². The minimum atomic E-state index is -0.232. The summed E-state index contributed by atoms with van der Waals surface area (Å²) < 4.78 is 3.11. The van der Waals surface area contributed by atoms with E-state index in [1.54, 1.807) is 23.0 Å². The molecule has 0 aliphatic rings. The van der Waals surface area contributed by atoms with E-state index >= 15 is 0 Å². The SMILES string of the molecule is Cc1sc2ncn(CCC(=O)Nc3ccnn3Cc3cccc(Cl)c3Cl)c(=O)c2c1C. The number of fused-ring (bicyclic) bond motifs is 1. The van der Waals surface area contributed by atoms with Gasteiger partial charge in [-0.3, -0.25) is 14.2 Å². The van der Waals surface area contributed by atoms with Crippen LogP contribution in [0.5, 0.6) is 0 Å². The Bertz CT molecular complexity index is 1340. The first-order chi connectivity index (χ1) is 14.8. The first-order valence-corrected chi connectivity index (χ1v) is 11.1. The highest BCUT2D eigenvalue weighted by atomic mass is 35.5. The molecule has 0 spiro atoms. The number of benzene rings is 1. The number of anilines is 1. The highest BCUT2D eigenvalue weighted by Crippen LogP contribution is 2.27. The van der Waals surface area contributed by atoms with Crippen LogP contribution >= 0.6 is 34.5 Å². The molecule has 7 nitrogen and oxygen atoms in total. The van der Waals surface area contributed by atoms with E-state index in [2.05, 4.69) is 15.4 Å². The van der Waals surface area contributed by atoms with Crippen LogP contribution in [-0.2, 0) is 17.9 Å². The van der Waals surface area contributed by atoms with Crippen LogP contribution in [0, 0.1) is 13.8 Å². The summed E-state index contributed by atoms with van der Waals surface area (Å²) >= 11 is 13.8. The van der Waals surface area contributed by atoms with E-state index in [1.165, 1.54) is 22.2 Å². The fourth-order valence-electron chi connectivity index (χ4n) is 3.25. The van der Waals surface area contributed by atoms with E-state index in [4.69, 9.17) is 23.2 Å². The molecule has 0 saturated heterocycles. The van der Waals surface area contributed by atoms with E-state index in [-0.39, 0.29) is 24.4 Å². The Labute approximate surface area is 192 Å². The van der Waals surface area contributed by atoms with Gasteiger partial charge in [-0.25, -0.2) is 9.67 Å². The third kappa shape index (κ3) is 4.37. The summed E-state index contributed by atoms with van der Waals surface area (Å²) in [6.07, 6.45) is 3.22. The Morgan fingerprint density at radius 2 is 2.03 bits per heavy atom. The predicted octanol–water partition coefficient (Wildman–Crippen LogP) is 4.66. The number of hydrogen-bond donors (Lipinski definition) is 1. The molecule has 0 atom stereocenters. The van der Waals surface area contributed by atoms with Crippen LogP contribution in [0.3, 0.4) is 0 Å². The van der Waals surface area contributed by atoms with Crippen molar-refractivity contribution in [1.29, 1.82) is 0 Å². The monoisotopic (exact) mass is 475 g/mol. The maximum Gasteiger partial charge on any atom is 0.262 e. The van der Waals surface area contributed by atoms with E-state index in [9.17, 15) is 9.59 Å². The van der Waals surface area contributed by atoms with Gasteiger partial charge in [-0.15, -0.1) is 11.3 Å². The zero-order valence-electron chi connectivity index (χ0n) is 16.9. The maximum atomic E-state index is 12.8. The topological polar surface area (TPSA) is 81.8 Å². The molecule has 4 aromatic rings. The second-order valence-corrected chi connectivity index (χ2v) is 9.08. The lowest BCUT2D eigenvalue weighted by Gasteiger charge is -2.11. The van der Waals surface area contributed by atoms with Gasteiger partial charge < -0.3 is 5.32 Å². The highest BCUT2D eigenvalue weighted by molar-refractivity contribution is 7.18. The number of aryl methyl sites for hydroxylation is 3. The molecule has 160 valence electrons. The number of aromatic nitrogens is 4. The molecule has 0 saturated carbocycles. The van der Waals surface area contributed by atoms with Gasteiger partial charge in [0.2, 0.25) is 5.91 Å². The summed E-state index contributed by atoms with van der Waals surface area (Å²) in [4.78, 5) is 31.5. The normalized spacial score (nSPS) is 11.2. The Kier molecular flexibility index (Phi) is 6.13. The number of carbonyl (C=O) groups is 1. The Morgan fingerprint density at radius 1 is 1.23 bits per heavy atom. The lowest BCUT2D eigenvalue weighted by atomic mass is 10.2. The molecule has 1 N–H and O–H groups in total. The average molecular weight is 476 g/mol. The van der Waals surface area contributed by atoms with Crippen molar-refractivity contribution in [2.45, 2.75) is 33.4 Å². The average Bonchev–Trinajstić information content (AvgIpc) is 3.29. The van der Waals surface area contributed by atoms with E-state index < -0.39 is 0 Å². The minimum Gasteiger partial charge on any atom is -0.311 e. The number of carbonyl (C=O) groups excluding carboxylic acids is 1. The number of rotatable bonds is 6. The molecule has 0 aliphatic carbocycles. The van der Waals surface area contributed by atoms with Crippen molar-refractivity contribution in [3.05, 3.63) is 73.2 Å². The number of amides is 1. The number of thiophene rings is 1. The molecule has 3 heterocycles. The first kappa shape index (κ1) is 21.5.